The molecule has 0 aliphatic heterocycles. The third-order valence-electron chi connectivity index (χ3n) is 2.71. The molecule has 0 heterocycles. The van der Waals surface area contributed by atoms with E-state index in [1.165, 1.54) is 19.2 Å². The van der Waals surface area contributed by atoms with Gasteiger partial charge in [0, 0.05) is 12.7 Å². The molecule has 0 atom stereocenters. The van der Waals surface area contributed by atoms with E-state index in [0.717, 1.165) is 10.4 Å². The fraction of sp³-hybridized carbons (Fsp3) is 0.0769. The van der Waals surface area contributed by atoms with Crippen molar-refractivity contribution >= 4 is 21.4 Å². The molecule has 0 spiro atoms. The molecule has 2 aromatic carbocycles. The third-order valence-corrected chi connectivity index (χ3v) is 4.53. The number of halogens is 1. The Morgan fingerprint density at radius 3 is 2.32 bits per heavy atom. The topological polar surface area (TPSA) is 63.4 Å². The molecule has 0 saturated carbocycles. The van der Waals surface area contributed by atoms with Gasteiger partial charge in [-0.2, -0.15) is 0 Å². The number of benzene rings is 2. The molecule has 0 fully saturated rings. The molecule has 4 nitrogen and oxygen atoms in total. The first-order valence-corrected chi connectivity index (χ1v) is 6.96. The van der Waals surface area contributed by atoms with Crippen LogP contribution in [-0.4, -0.2) is 15.5 Å². The monoisotopic (exact) mass is 280 g/mol. The van der Waals surface area contributed by atoms with Crippen LogP contribution in [0, 0.1) is 5.82 Å². The second kappa shape index (κ2) is 4.89. The van der Waals surface area contributed by atoms with Crippen LogP contribution in [0.3, 0.4) is 0 Å². The third kappa shape index (κ3) is 2.53. The predicted molar refractivity (Wildman–Crippen MR) is 72.8 cm³/mol. The molecule has 2 N–H and O–H groups in total. The maximum absolute atomic E-state index is 13.7. The molecule has 0 radical (unpaired) electrons. The highest BCUT2D eigenvalue weighted by Crippen LogP contribution is 2.24. The lowest BCUT2D eigenvalue weighted by atomic mass is 10.3. The molecule has 0 unspecified atom stereocenters. The second-order valence-corrected chi connectivity index (χ2v) is 5.94. The normalized spacial score (nSPS) is 11.3. The van der Waals surface area contributed by atoms with Crippen LogP contribution in [0.25, 0.3) is 0 Å². The Hall–Kier alpha value is -2.08. The minimum absolute atomic E-state index is 0.179. The second-order valence-electron chi connectivity index (χ2n) is 4.00. The predicted octanol–water partition coefficient (Wildman–Crippen LogP) is 2.23. The van der Waals surface area contributed by atoms with Crippen LogP contribution >= 0.6 is 0 Å². The summed E-state index contributed by atoms with van der Waals surface area (Å²) in [6.45, 7) is 0. The zero-order chi connectivity index (χ0) is 14.0. The summed E-state index contributed by atoms with van der Waals surface area (Å²) in [6.07, 6.45) is 0. The Labute approximate surface area is 111 Å². The van der Waals surface area contributed by atoms with Crippen LogP contribution in [0.2, 0.25) is 0 Å². The van der Waals surface area contributed by atoms with Gasteiger partial charge in [0.25, 0.3) is 10.0 Å². The van der Waals surface area contributed by atoms with Crippen molar-refractivity contribution in [2.75, 3.05) is 17.1 Å². The number of nitrogens with zero attached hydrogens (tertiary/aromatic N) is 1. The number of sulfonamides is 1. The van der Waals surface area contributed by atoms with E-state index in [-0.39, 0.29) is 5.69 Å². The number of rotatable bonds is 3. The van der Waals surface area contributed by atoms with E-state index in [2.05, 4.69) is 0 Å². The van der Waals surface area contributed by atoms with Gasteiger partial charge in [-0.05, 0) is 30.3 Å². The van der Waals surface area contributed by atoms with Gasteiger partial charge in [0.2, 0.25) is 0 Å². The minimum Gasteiger partial charge on any atom is -0.399 e. The van der Waals surface area contributed by atoms with E-state index < -0.39 is 20.7 Å². The summed E-state index contributed by atoms with van der Waals surface area (Å²) in [5.74, 6) is -0.859. The van der Waals surface area contributed by atoms with Gasteiger partial charge in [-0.1, -0.05) is 18.2 Å². The Morgan fingerprint density at radius 1 is 1.11 bits per heavy atom. The lowest BCUT2D eigenvalue weighted by Gasteiger charge is -2.19. The molecular weight excluding hydrogens is 267 g/mol. The lowest BCUT2D eigenvalue weighted by Crippen LogP contribution is -2.27. The Morgan fingerprint density at radius 2 is 1.74 bits per heavy atom. The zero-order valence-corrected chi connectivity index (χ0v) is 11.1. The van der Waals surface area contributed by atoms with Crippen LogP contribution in [0.5, 0.6) is 0 Å². The summed E-state index contributed by atoms with van der Waals surface area (Å²) in [7, 11) is -2.56. The Balaban J connectivity index is 2.48. The van der Waals surface area contributed by atoms with Crippen molar-refractivity contribution in [2.24, 2.45) is 0 Å². The van der Waals surface area contributed by atoms with Gasteiger partial charge >= 0.3 is 0 Å². The van der Waals surface area contributed by atoms with Crippen LogP contribution in [0.1, 0.15) is 0 Å². The first kappa shape index (κ1) is 13.4. The highest BCUT2D eigenvalue weighted by Gasteiger charge is 2.24. The zero-order valence-electron chi connectivity index (χ0n) is 10.2. The van der Waals surface area contributed by atoms with Crippen LogP contribution in [0.15, 0.2) is 53.4 Å². The lowest BCUT2D eigenvalue weighted by molar-refractivity contribution is 0.566. The summed E-state index contributed by atoms with van der Waals surface area (Å²) >= 11 is 0. The van der Waals surface area contributed by atoms with Crippen LogP contribution in [0.4, 0.5) is 15.8 Å². The van der Waals surface area contributed by atoms with Gasteiger partial charge in [-0.25, -0.2) is 12.8 Å². The maximum atomic E-state index is 13.7. The first-order chi connectivity index (χ1) is 8.93. The quantitative estimate of drug-likeness (QED) is 0.877. The largest absolute Gasteiger partial charge is 0.399 e. The van der Waals surface area contributed by atoms with Crippen molar-refractivity contribution in [3.63, 3.8) is 0 Å². The SMILES string of the molecule is CN(c1ccccc1)S(=O)(=O)c1ccc(N)cc1F. The van der Waals surface area contributed by atoms with Crippen molar-refractivity contribution < 1.29 is 12.8 Å². The van der Waals surface area contributed by atoms with Crippen LogP contribution in [-0.2, 0) is 10.0 Å². The Bertz CT molecular complexity index is 687. The number of para-hydroxylation sites is 1. The van der Waals surface area contributed by atoms with Crippen molar-refractivity contribution in [2.45, 2.75) is 4.90 Å². The molecule has 0 saturated heterocycles. The van der Waals surface area contributed by atoms with Crippen LogP contribution < -0.4 is 10.0 Å². The van der Waals surface area contributed by atoms with Crippen molar-refractivity contribution in [1.82, 2.24) is 0 Å². The summed E-state index contributed by atoms with van der Waals surface area (Å²) in [5.41, 5.74) is 6.05. The molecule has 2 rings (SSSR count). The van der Waals surface area contributed by atoms with E-state index >= 15 is 0 Å². The Kier molecular flexibility index (Phi) is 3.44. The van der Waals surface area contributed by atoms with E-state index in [9.17, 15) is 12.8 Å². The van der Waals surface area contributed by atoms with Crippen molar-refractivity contribution in [3.8, 4) is 0 Å². The first-order valence-electron chi connectivity index (χ1n) is 5.52. The highest BCUT2D eigenvalue weighted by molar-refractivity contribution is 7.92. The molecule has 0 aliphatic rings. The highest BCUT2D eigenvalue weighted by atomic mass is 32.2. The molecule has 19 heavy (non-hydrogen) atoms. The molecule has 0 aromatic heterocycles. The molecule has 100 valence electrons. The fourth-order valence-corrected chi connectivity index (χ4v) is 2.89. The summed E-state index contributed by atoms with van der Waals surface area (Å²) in [6, 6.07) is 12.0. The van der Waals surface area contributed by atoms with E-state index in [4.69, 9.17) is 5.73 Å². The van der Waals surface area contributed by atoms with Gasteiger partial charge in [-0.15, -0.1) is 0 Å². The standard InChI is InChI=1S/C13H13FN2O2S/c1-16(11-5-3-2-4-6-11)19(17,18)13-8-7-10(15)9-12(13)14/h2-9H,15H2,1H3. The van der Waals surface area contributed by atoms with Gasteiger partial charge in [-0.3, -0.25) is 4.31 Å². The van der Waals surface area contributed by atoms with Gasteiger partial charge in [0.05, 0.1) is 5.69 Å². The van der Waals surface area contributed by atoms with Crippen molar-refractivity contribution in [3.05, 3.63) is 54.3 Å². The minimum atomic E-state index is -3.94. The summed E-state index contributed by atoms with van der Waals surface area (Å²) in [5, 5.41) is 0. The molecule has 0 bridgehead atoms. The maximum Gasteiger partial charge on any atom is 0.266 e. The van der Waals surface area contributed by atoms with Gasteiger partial charge in [0.1, 0.15) is 10.7 Å². The van der Waals surface area contributed by atoms with E-state index in [1.54, 1.807) is 30.3 Å². The van der Waals surface area contributed by atoms with Crippen molar-refractivity contribution in [1.29, 1.82) is 0 Å². The summed E-state index contributed by atoms with van der Waals surface area (Å²) in [4.78, 5) is -0.395. The number of nitrogens with two attached hydrogens (primary N) is 1. The van der Waals surface area contributed by atoms with E-state index in [0.29, 0.717) is 5.69 Å². The molecule has 2 aromatic rings. The molecule has 0 amide bonds. The number of nitrogen functional groups attached to an aromatic ring is 1. The fourth-order valence-electron chi connectivity index (χ4n) is 1.65. The van der Waals surface area contributed by atoms with Gasteiger partial charge < -0.3 is 5.73 Å². The number of anilines is 2. The average molecular weight is 280 g/mol. The molecular formula is C13H13FN2O2S. The molecule has 6 heteroatoms. The van der Waals surface area contributed by atoms with E-state index in [1.807, 2.05) is 0 Å². The smallest absolute Gasteiger partial charge is 0.266 e. The average Bonchev–Trinajstić information content (AvgIpc) is 2.38. The summed E-state index contributed by atoms with van der Waals surface area (Å²) < 4.78 is 39.4. The van der Waals surface area contributed by atoms with Gasteiger partial charge in [0.15, 0.2) is 0 Å². The number of hydrogen-bond donors (Lipinski definition) is 1. The number of hydrogen-bond acceptors (Lipinski definition) is 3. The molecule has 0 aliphatic carbocycles.